The van der Waals surface area contributed by atoms with E-state index in [-0.39, 0.29) is 18.1 Å². The minimum Gasteiger partial charge on any atom is -0.396 e. The van der Waals surface area contributed by atoms with Crippen molar-refractivity contribution in [2.24, 2.45) is 10.8 Å². The van der Waals surface area contributed by atoms with Crippen molar-refractivity contribution < 1.29 is 23.4 Å². The van der Waals surface area contributed by atoms with E-state index in [2.05, 4.69) is 0 Å². The Labute approximate surface area is 165 Å². The number of aryl methyl sites for hydroxylation is 1. The minimum absolute atomic E-state index is 0.213. The summed E-state index contributed by atoms with van der Waals surface area (Å²) >= 11 is 0. The number of sulfonamides is 1. The van der Waals surface area contributed by atoms with Crippen molar-refractivity contribution in [2.75, 3.05) is 13.2 Å². The molecule has 2 fully saturated rings. The number of hydrogen-bond donors (Lipinski definition) is 2. The van der Waals surface area contributed by atoms with Gasteiger partial charge in [0.05, 0.1) is 52.2 Å². The van der Waals surface area contributed by atoms with Crippen LogP contribution in [0.15, 0.2) is 53.5 Å². The van der Waals surface area contributed by atoms with Crippen molar-refractivity contribution in [1.82, 2.24) is 4.31 Å². The Hall–Kier alpha value is -1.51. The van der Waals surface area contributed by atoms with E-state index in [9.17, 15) is 18.6 Å². The van der Waals surface area contributed by atoms with Gasteiger partial charge in [-0.25, -0.2) is 8.42 Å². The summed E-state index contributed by atoms with van der Waals surface area (Å²) in [6.45, 7) is 5.06. The van der Waals surface area contributed by atoms with Gasteiger partial charge in [-0.15, -0.1) is 0 Å². The fourth-order valence-corrected chi connectivity index (χ4v) is 8.54. The molecule has 0 aromatic heterocycles. The van der Waals surface area contributed by atoms with Crippen LogP contribution in [0.25, 0.3) is 0 Å². The van der Waals surface area contributed by atoms with E-state index in [1.807, 2.05) is 45.1 Å². The fourth-order valence-electron chi connectivity index (χ4n) is 6.56. The summed E-state index contributed by atoms with van der Waals surface area (Å²) in [6.07, 6.45) is 7.08. The number of nitrogens with zero attached hydrogens (tertiary/aromatic N) is 1. The third-order valence-electron chi connectivity index (χ3n) is 7.93. The highest BCUT2D eigenvalue weighted by Gasteiger charge is 2.87. The van der Waals surface area contributed by atoms with Gasteiger partial charge in [0, 0.05) is 0 Å². The van der Waals surface area contributed by atoms with Gasteiger partial charge in [0.2, 0.25) is 10.0 Å². The Balaban J connectivity index is 1.76. The van der Waals surface area contributed by atoms with Gasteiger partial charge >= 0.3 is 0 Å². The summed E-state index contributed by atoms with van der Waals surface area (Å²) < 4.78 is 35.3. The molecule has 28 heavy (non-hydrogen) atoms. The van der Waals surface area contributed by atoms with Crippen molar-refractivity contribution in [2.45, 2.75) is 49.0 Å². The smallest absolute Gasteiger partial charge is 0.244 e. The average Bonchev–Trinajstić information content (AvgIpc) is 3.33. The predicted octanol–water partition coefficient (Wildman–Crippen LogP) is 1.38. The highest BCUT2D eigenvalue weighted by Crippen LogP contribution is 2.76. The van der Waals surface area contributed by atoms with Crippen molar-refractivity contribution in [3.63, 3.8) is 0 Å². The Morgan fingerprint density at radius 2 is 1.68 bits per heavy atom. The maximum absolute atomic E-state index is 13.8. The van der Waals surface area contributed by atoms with Gasteiger partial charge in [0.25, 0.3) is 0 Å². The van der Waals surface area contributed by atoms with Crippen molar-refractivity contribution >= 4 is 10.0 Å². The van der Waals surface area contributed by atoms with Crippen LogP contribution in [0.5, 0.6) is 0 Å². The zero-order chi connectivity index (χ0) is 20.2. The van der Waals surface area contributed by atoms with E-state index in [0.29, 0.717) is 0 Å². The molecule has 1 aromatic carbocycles. The van der Waals surface area contributed by atoms with E-state index in [1.165, 1.54) is 4.31 Å². The number of aliphatic hydroxyl groups excluding tert-OH is 2. The highest BCUT2D eigenvalue weighted by atomic mass is 32.2. The molecule has 0 amide bonds. The van der Waals surface area contributed by atoms with Crippen molar-refractivity contribution in [3.8, 4) is 0 Å². The lowest BCUT2D eigenvalue weighted by Gasteiger charge is -2.53. The van der Waals surface area contributed by atoms with E-state index >= 15 is 0 Å². The summed E-state index contributed by atoms with van der Waals surface area (Å²) in [7, 11) is -3.87. The molecule has 0 radical (unpaired) electrons. The van der Waals surface area contributed by atoms with Crippen LogP contribution >= 0.6 is 0 Å². The maximum Gasteiger partial charge on any atom is 0.244 e. The van der Waals surface area contributed by atoms with Gasteiger partial charge in [-0.05, 0) is 32.9 Å². The van der Waals surface area contributed by atoms with Gasteiger partial charge in [-0.3, -0.25) is 0 Å². The third-order valence-corrected chi connectivity index (χ3v) is 9.92. The molecule has 0 aliphatic carbocycles. The first-order valence-corrected chi connectivity index (χ1v) is 11.0. The zero-order valence-corrected chi connectivity index (χ0v) is 17.0. The second-order valence-electron chi connectivity index (χ2n) is 8.83. The molecule has 0 unspecified atom stereocenters. The Kier molecular flexibility index (Phi) is 3.40. The van der Waals surface area contributed by atoms with Gasteiger partial charge in [-0.1, -0.05) is 42.0 Å². The number of ether oxygens (including phenoxy) is 1. The van der Waals surface area contributed by atoms with Gasteiger partial charge in [-0.2, -0.15) is 4.31 Å². The van der Waals surface area contributed by atoms with E-state index in [1.54, 1.807) is 24.3 Å². The van der Waals surface area contributed by atoms with Crippen LogP contribution in [0, 0.1) is 17.8 Å². The Morgan fingerprint density at radius 1 is 1.04 bits per heavy atom. The van der Waals surface area contributed by atoms with E-state index in [0.717, 1.165) is 5.56 Å². The van der Waals surface area contributed by atoms with Crippen molar-refractivity contribution in [1.29, 1.82) is 0 Å². The lowest BCUT2D eigenvalue weighted by molar-refractivity contribution is -0.0672. The SMILES string of the molecule is Cc1ccc(S(=O)(=O)N2[C@H]3C=C[C@]2(C)[C@@]2(CO)[C@@H]4C=C[C@@](C)(O4)[C@@]32CO)cc1. The van der Waals surface area contributed by atoms with Gasteiger partial charge in [0.1, 0.15) is 0 Å². The van der Waals surface area contributed by atoms with Crippen LogP contribution in [0.3, 0.4) is 0 Å². The lowest BCUT2D eigenvalue weighted by atomic mass is 9.47. The molecule has 5 rings (SSSR count). The Bertz CT molecular complexity index is 1010. The number of aliphatic hydroxyl groups is 2. The molecule has 2 N–H and O–H groups in total. The van der Waals surface area contributed by atoms with Crippen LogP contribution in [-0.4, -0.2) is 59.4 Å². The summed E-state index contributed by atoms with van der Waals surface area (Å²) in [6, 6.07) is 6.18. The zero-order valence-electron chi connectivity index (χ0n) is 16.2. The molecule has 6 atom stereocenters. The molecular formula is C21H25NO5S. The monoisotopic (exact) mass is 403 g/mol. The molecule has 0 saturated carbocycles. The summed E-state index contributed by atoms with van der Waals surface area (Å²) in [5.41, 5.74) is -2.83. The molecule has 4 bridgehead atoms. The maximum atomic E-state index is 13.8. The third kappa shape index (κ3) is 1.58. The molecule has 2 saturated heterocycles. The predicted molar refractivity (Wildman–Crippen MR) is 103 cm³/mol. The minimum atomic E-state index is -3.87. The Morgan fingerprint density at radius 3 is 2.25 bits per heavy atom. The molecule has 4 aliphatic rings. The second-order valence-corrected chi connectivity index (χ2v) is 10.6. The van der Waals surface area contributed by atoms with Crippen molar-refractivity contribution in [3.05, 3.63) is 54.1 Å². The topological polar surface area (TPSA) is 87.1 Å². The molecule has 1 aromatic rings. The number of hydrogen-bond acceptors (Lipinski definition) is 5. The van der Waals surface area contributed by atoms with Crippen LogP contribution in [-0.2, 0) is 14.8 Å². The number of rotatable bonds is 4. The molecule has 7 heteroatoms. The van der Waals surface area contributed by atoms with Crippen LogP contribution in [0.4, 0.5) is 0 Å². The largest absolute Gasteiger partial charge is 0.396 e. The molecule has 6 nitrogen and oxygen atoms in total. The second kappa shape index (κ2) is 5.15. The number of fused-ring (bicyclic) bond motifs is 9. The fraction of sp³-hybridized carbons (Fsp3) is 0.524. The number of benzene rings is 1. The van der Waals surface area contributed by atoms with Crippen LogP contribution < -0.4 is 0 Å². The average molecular weight is 404 g/mol. The van der Waals surface area contributed by atoms with E-state index in [4.69, 9.17) is 4.74 Å². The molecule has 4 heterocycles. The molecule has 4 aliphatic heterocycles. The lowest BCUT2D eigenvalue weighted by Crippen LogP contribution is -2.64. The standard InChI is InChI=1S/C21H25NO5S/c1-14-4-6-15(7-5-14)28(25,26)22-16-8-10-18(22,2)21(13-24)17-9-11-19(3,27-17)20(16,21)12-23/h4-11,16-17,23-24H,12-13H2,1-3H3/t16-,17-,18+,19+,20+,21+/m0/s1. The quantitative estimate of drug-likeness (QED) is 0.742. The summed E-state index contributed by atoms with van der Waals surface area (Å²) in [4.78, 5) is 0.213. The summed E-state index contributed by atoms with van der Waals surface area (Å²) in [5, 5.41) is 21.3. The first-order valence-electron chi connectivity index (χ1n) is 9.54. The van der Waals surface area contributed by atoms with Gasteiger partial charge in [0.15, 0.2) is 0 Å². The van der Waals surface area contributed by atoms with Gasteiger partial charge < -0.3 is 14.9 Å². The normalized spacial score (nSPS) is 45.9. The van der Waals surface area contributed by atoms with Crippen LogP contribution in [0.2, 0.25) is 0 Å². The summed E-state index contributed by atoms with van der Waals surface area (Å²) in [5.74, 6) is 0. The van der Waals surface area contributed by atoms with E-state index < -0.39 is 44.1 Å². The molecule has 150 valence electrons. The highest BCUT2D eigenvalue weighted by molar-refractivity contribution is 7.89. The molecular weight excluding hydrogens is 378 g/mol. The first kappa shape index (κ1) is 18.5. The first-order chi connectivity index (χ1) is 13.1. The molecule has 0 spiro atoms. The van der Waals surface area contributed by atoms with Crippen LogP contribution in [0.1, 0.15) is 19.4 Å².